The first-order chi connectivity index (χ1) is 19.0. The molecule has 1 aliphatic heterocycles. The van der Waals surface area contributed by atoms with E-state index in [0.29, 0.717) is 41.8 Å². The van der Waals surface area contributed by atoms with Crippen LogP contribution in [0, 0.1) is 0 Å². The van der Waals surface area contributed by atoms with E-state index in [-0.39, 0.29) is 18.2 Å². The summed E-state index contributed by atoms with van der Waals surface area (Å²) in [4.78, 5) is 27.7. The van der Waals surface area contributed by atoms with Gasteiger partial charge < -0.3 is 28.8 Å². The van der Waals surface area contributed by atoms with Crippen molar-refractivity contribution in [3.05, 3.63) is 83.6 Å². The normalized spacial score (nSPS) is 13.8. The highest BCUT2D eigenvalue weighted by molar-refractivity contribution is 5.97. The molecule has 5 rings (SSSR count). The van der Waals surface area contributed by atoms with E-state index < -0.39 is 0 Å². The number of anilines is 1. The Bertz CT molecular complexity index is 1440. The molecule has 2 amide bonds. The van der Waals surface area contributed by atoms with Gasteiger partial charge in [0.2, 0.25) is 11.7 Å². The van der Waals surface area contributed by atoms with Crippen LogP contribution in [0.3, 0.4) is 0 Å². The van der Waals surface area contributed by atoms with E-state index in [4.69, 9.17) is 18.6 Å². The first kappa shape index (κ1) is 26.2. The first-order valence-electron chi connectivity index (χ1n) is 12.9. The molecule has 1 aliphatic rings. The van der Waals surface area contributed by atoms with E-state index in [1.54, 1.807) is 39.7 Å². The molecule has 0 bridgehead atoms. The van der Waals surface area contributed by atoms with E-state index in [1.165, 1.54) is 5.56 Å². The van der Waals surface area contributed by atoms with Crippen LogP contribution in [0.4, 0.5) is 5.69 Å². The molecule has 0 aliphatic carbocycles. The first-order valence-corrected chi connectivity index (χ1v) is 12.9. The highest BCUT2D eigenvalue weighted by Gasteiger charge is 2.25. The van der Waals surface area contributed by atoms with Gasteiger partial charge in [-0.1, -0.05) is 12.1 Å². The molecule has 1 N–H and O–H groups in total. The molecule has 0 radical (unpaired) electrons. The summed E-state index contributed by atoms with van der Waals surface area (Å²) in [7, 11) is 4.64. The van der Waals surface area contributed by atoms with E-state index in [2.05, 4.69) is 17.4 Å². The zero-order chi connectivity index (χ0) is 27.4. The molecule has 0 spiro atoms. The fourth-order valence-corrected chi connectivity index (χ4v) is 5.16. The molecule has 1 fully saturated rings. The molecule has 8 nitrogen and oxygen atoms in total. The number of ether oxygens (including phenoxy) is 3. The molecular formula is C31H32N2O6. The number of hydrogen-bond acceptors (Lipinski definition) is 6. The summed E-state index contributed by atoms with van der Waals surface area (Å²) < 4.78 is 21.5. The minimum Gasteiger partial charge on any atom is -0.493 e. The monoisotopic (exact) mass is 528 g/mol. The summed E-state index contributed by atoms with van der Waals surface area (Å²) in [5, 5.41) is 3.90. The smallest absolute Gasteiger partial charge is 0.253 e. The molecule has 1 saturated heterocycles. The van der Waals surface area contributed by atoms with Crippen LogP contribution < -0.4 is 19.5 Å². The average Bonchev–Trinajstić information content (AvgIpc) is 3.45. The molecular weight excluding hydrogens is 496 g/mol. The standard InChI is InChI=1S/C31H32N2O6/c1-36-27-16-20(17-28(37-2)30(27)38-3)18-29(34)32-25-7-4-21(5-8-25)22-10-13-33(14-11-22)31(35)24-6-9-26-23(19-24)12-15-39-26/h4-9,12,15-17,19,22H,10-11,13-14,18H2,1-3H3,(H,32,34). The summed E-state index contributed by atoms with van der Waals surface area (Å²) in [6.07, 6.45) is 3.59. The maximum Gasteiger partial charge on any atom is 0.253 e. The Kier molecular flexibility index (Phi) is 7.72. The van der Waals surface area contributed by atoms with Gasteiger partial charge in [0.15, 0.2) is 11.5 Å². The largest absolute Gasteiger partial charge is 0.493 e. The van der Waals surface area contributed by atoms with Gasteiger partial charge in [0.05, 0.1) is 34.0 Å². The third-order valence-corrected chi connectivity index (χ3v) is 7.24. The Balaban J connectivity index is 1.16. The quantitative estimate of drug-likeness (QED) is 0.317. The number of carbonyl (C=O) groups is 2. The van der Waals surface area contributed by atoms with Crippen LogP contribution in [-0.4, -0.2) is 51.1 Å². The number of fused-ring (bicyclic) bond motifs is 1. The molecule has 1 aromatic heterocycles. The molecule has 8 heteroatoms. The number of furan rings is 1. The van der Waals surface area contributed by atoms with Crippen molar-refractivity contribution in [3.8, 4) is 17.2 Å². The van der Waals surface area contributed by atoms with Gasteiger partial charge in [0.1, 0.15) is 5.58 Å². The van der Waals surface area contributed by atoms with Crippen molar-refractivity contribution >= 4 is 28.5 Å². The van der Waals surface area contributed by atoms with Crippen molar-refractivity contribution in [1.29, 1.82) is 0 Å². The summed E-state index contributed by atoms with van der Waals surface area (Å²) in [5.74, 6) is 1.80. The highest BCUT2D eigenvalue weighted by Crippen LogP contribution is 2.38. The predicted molar refractivity (Wildman–Crippen MR) is 149 cm³/mol. The minimum atomic E-state index is -0.141. The second-order valence-corrected chi connectivity index (χ2v) is 9.62. The molecule has 2 heterocycles. The van der Waals surface area contributed by atoms with Crippen molar-refractivity contribution in [3.63, 3.8) is 0 Å². The molecule has 3 aromatic carbocycles. The van der Waals surface area contributed by atoms with Gasteiger partial charge in [-0.15, -0.1) is 0 Å². The Labute approximate surface area is 227 Å². The summed E-state index contributed by atoms with van der Waals surface area (Å²) in [6, 6.07) is 19.0. The van der Waals surface area contributed by atoms with Crippen molar-refractivity contribution in [1.82, 2.24) is 4.90 Å². The Hall–Kier alpha value is -4.46. The lowest BCUT2D eigenvalue weighted by Crippen LogP contribution is -2.37. The zero-order valence-corrected chi connectivity index (χ0v) is 22.4. The summed E-state index contributed by atoms with van der Waals surface area (Å²) in [6.45, 7) is 1.42. The highest BCUT2D eigenvalue weighted by atomic mass is 16.5. The maximum absolute atomic E-state index is 13.0. The number of methoxy groups -OCH3 is 3. The summed E-state index contributed by atoms with van der Waals surface area (Å²) in [5.41, 5.74) is 4.17. The zero-order valence-electron chi connectivity index (χ0n) is 22.4. The van der Waals surface area contributed by atoms with Gasteiger partial charge in [-0.3, -0.25) is 9.59 Å². The topological polar surface area (TPSA) is 90.2 Å². The molecule has 39 heavy (non-hydrogen) atoms. The van der Waals surface area contributed by atoms with E-state index in [0.717, 1.165) is 35.1 Å². The van der Waals surface area contributed by atoms with Crippen LogP contribution in [0.5, 0.6) is 17.2 Å². The molecule has 0 unspecified atom stereocenters. The van der Waals surface area contributed by atoms with Crippen LogP contribution in [0.1, 0.15) is 40.2 Å². The number of amides is 2. The number of hydrogen-bond donors (Lipinski definition) is 1. The Morgan fingerprint density at radius 3 is 2.23 bits per heavy atom. The van der Waals surface area contributed by atoms with Crippen LogP contribution in [-0.2, 0) is 11.2 Å². The second kappa shape index (κ2) is 11.5. The lowest BCUT2D eigenvalue weighted by molar-refractivity contribution is -0.115. The number of carbonyl (C=O) groups excluding carboxylic acids is 2. The average molecular weight is 529 g/mol. The van der Waals surface area contributed by atoms with Crippen LogP contribution in [0.2, 0.25) is 0 Å². The molecule has 0 atom stereocenters. The maximum atomic E-state index is 13.0. The third-order valence-electron chi connectivity index (χ3n) is 7.24. The van der Waals surface area contributed by atoms with Crippen LogP contribution in [0.15, 0.2) is 71.3 Å². The van der Waals surface area contributed by atoms with E-state index in [1.807, 2.05) is 41.3 Å². The van der Waals surface area contributed by atoms with Gasteiger partial charge in [-0.2, -0.15) is 0 Å². The second-order valence-electron chi connectivity index (χ2n) is 9.62. The van der Waals surface area contributed by atoms with Gasteiger partial charge in [0, 0.05) is 29.7 Å². The third kappa shape index (κ3) is 5.70. The predicted octanol–water partition coefficient (Wildman–Crippen LogP) is 5.66. The number of nitrogens with zero attached hydrogens (tertiary/aromatic N) is 1. The molecule has 0 saturated carbocycles. The molecule has 202 valence electrons. The number of rotatable bonds is 8. The van der Waals surface area contributed by atoms with Crippen molar-refractivity contribution in [2.24, 2.45) is 0 Å². The van der Waals surface area contributed by atoms with Crippen molar-refractivity contribution < 1.29 is 28.2 Å². The van der Waals surface area contributed by atoms with Gasteiger partial charge in [-0.05, 0) is 78.4 Å². The van der Waals surface area contributed by atoms with Crippen molar-refractivity contribution in [2.75, 3.05) is 39.7 Å². The van der Waals surface area contributed by atoms with E-state index in [9.17, 15) is 9.59 Å². The van der Waals surface area contributed by atoms with Gasteiger partial charge in [0.25, 0.3) is 5.91 Å². The Morgan fingerprint density at radius 2 is 1.59 bits per heavy atom. The molecule has 4 aromatic rings. The van der Waals surface area contributed by atoms with Gasteiger partial charge >= 0.3 is 0 Å². The Morgan fingerprint density at radius 1 is 0.897 bits per heavy atom. The number of piperidine rings is 1. The van der Waals surface area contributed by atoms with Crippen molar-refractivity contribution in [2.45, 2.75) is 25.2 Å². The SMILES string of the molecule is COc1cc(CC(=O)Nc2ccc(C3CCN(C(=O)c4ccc5occc5c4)CC3)cc2)cc(OC)c1OC. The number of nitrogens with one attached hydrogen (secondary N) is 1. The lowest BCUT2D eigenvalue weighted by atomic mass is 9.89. The minimum absolute atomic E-state index is 0.0571. The summed E-state index contributed by atoms with van der Waals surface area (Å²) >= 11 is 0. The van der Waals surface area contributed by atoms with Crippen LogP contribution in [0.25, 0.3) is 11.0 Å². The number of benzene rings is 3. The van der Waals surface area contributed by atoms with E-state index >= 15 is 0 Å². The number of likely N-dealkylation sites (tertiary alicyclic amines) is 1. The fourth-order valence-electron chi connectivity index (χ4n) is 5.16. The lowest BCUT2D eigenvalue weighted by Gasteiger charge is -2.32. The fraction of sp³-hybridized carbons (Fsp3) is 0.290. The van der Waals surface area contributed by atoms with Crippen LogP contribution >= 0.6 is 0 Å². The van der Waals surface area contributed by atoms with Gasteiger partial charge in [-0.25, -0.2) is 0 Å².